The molecule has 2 heterocycles. The summed E-state index contributed by atoms with van der Waals surface area (Å²) in [6.07, 6.45) is 6.10. The number of hydrogen-bond donors (Lipinski definition) is 2. The average molecular weight is 492 g/mol. The van der Waals surface area contributed by atoms with E-state index in [2.05, 4.69) is 27.6 Å². The number of anilines is 2. The summed E-state index contributed by atoms with van der Waals surface area (Å²) < 4.78 is 18.3. The van der Waals surface area contributed by atoms with Crippen LogP contribution in [0.2, 0.25) is 0 Å². The van der Waals surface area contributed by atoms with Crippen molar-refractivity contribution < 1.29 is 19.0 Å². The van der Waals surface area contributed by atoms with E-state index in [0.717, 1.165) is 17.7 Å². The summed E-state index contributed by atoms with van der Waals surface area (Å²) in [6.45, 7) is 4.74. The minimum Gasteiger partial charge on any atom is -0.497 e. The minimum absolute atomic E-state index is 0.272. The second-order valence-corrected chi connectivity index (χ2v) is 8.59. The van der Waals surface area contributed by atoms with Crippen LogP contribution in [0.3, 0.4) is 0 Å². The summed E-state index contributed by atoms with van der Waals surface area (Å²) in [5, 5.41) is 10.6. The maximum Gasteiger partial charge on any atom is 0.255 e. The Bertz CT molecular complexity index is 1220. The molecule has 36 heavy (non-hydrogen) atoms. The molecule has 1 amide bonds. The third-order valence-electron chi connectivity index (χ3n) is 6.16. The van der Waals surface area contributed by atoms with Crippen LogP contribution >= 0.6 is 0 Å². The number of methoxy groups -OCH3 is 2. The number of fused-ring (bicyclic) bond motifs is 1. The Labute approximate surface area is 211 Å². The number of ether oxygens (including phenoxy) is 3. The highest BCUT2D eigenvalue weighted by Crippen LogP contribution is 2.37. The fourth-order valence-corrected chi connectivity index (χ4v) is 4.25. The highest BCUT2D eigenvalue weighted by atomic mass is 16.5. The molecule has 9 nitrogen and oxygen atoms in total. The molecule has 0 saturated carbocycles. The molecule has 3 aromatic rings. The van der Waals surface area contributed by atoms with Crippen LogP contribution in [0.25, 0.3) is 0 Å². The Morgan fingerprint density at radius 2 is 1.83 bits per heavy atom. The molecular weight excluding hydrogens is 458 g/mol. The average Bonchev–Trinajstić information content (AvgIpc) is 3.36. The van der Waals surface area contributed by atoms with E-state index in [1.54, 1.807) is 37.1 Å². The first-order chi connectivity index (χ1) is 17.5. The maximum atomic E-state index is 13.6. The molecule has 0 unspecified atom stereocenters. The van der Waals surface area contributed by atoms with Crippen LogP contribution in [-0.4, -0.2) is 41.5 Å². The molecule has 2 N–H and O–H groups in total. The molecule has 0 radical (unpaired) electrons. The van der Waals surface area contributed by atoms with Crippen LogP contribution in [0, 0.1) is 0 Å². The highest BCUT2D eigenvalue weighted by Gasteiger charge is 2.33. The van der Waals surface area contributed by atoms with Gasteiger partial charge in [0.05, 0.1) is 32.1 Å². The number of amides is 1. The lowest BCUT2D eigenvalue weighted by Gasteiger charge is -2.29. The predicted octanol–water partition coefficient (Wildman–Crippen LogP) is 5.18. The molecule has 1 aliphatic heterocycles. The Morgan fingerprint density at radius 3 is 2.56 bits per heavy atom. The molecule has 0 saturated heterocycles. The van der Waals surface area contributed by atoms with Gasteiger partial charge in [0.15, 0.2) is 0 Å². The molecule has 0 aliphatic carbocycles. The van der Waals surface area contributed by atoms with Gasteiger partial charge in [-0.2, -0.15) is 10.1 Å². The molecule has 0 fully saturated rings. The summed E-state index contributed by atoms with van der Waals surface area (Å²) >= 11 is 0. The van der Waals surface area contributed by atoms with Crippen molar-refractivity contribution in [3.05, 3.63) is 65.6 Å². The number of carbonyl (C=O) groups excluding carboxylic acids is 1. The van der Waals surface area contributed by atoms with Gasteiger partial charge in [-0.3, -0.25) is 4.79 Å². The number of nitrogens with zero attached hydrogens (tertiary/aromatic N) is 3. The zero-order chi connectivity index (χ0) is 25.5. The van der Waals surface area contributed by atoms with Gasteiger partial charge in [0.25, 0.3) is 5.91 Å². The van der Waals surface area contributed by atoms with E-state index in [9.17, 15) is 4.79 Å². The summed E-state index contributed by atoms with van der Waals surface area (Å²) in [7, 11) is 3.13. The lowest BCUT2D eigenvalue weighted by Crippen LogP contribution is -2.31. The first kappa shape index (κ1) is 25.1. The Kier molecular flexibility index (Phi) is 8.10. The van der Waals surface area contributed by atoms with Gasteiger partial charge in [0.1, 0.15) is 29.6 Å². The number of rotatable bonds is 11. The second-order valence-electron chi connectivity index (χ2n) is 8.59. The molecule has 9 heteroatoms. The standard InChI is InChI=1S/C27H33N5O4/c1-5-6-7-8-15-36-20-11-9-19(10-12-20)25-24(18(2)30-27-28-17-29-32(25)27)26(33)31-22-14-13-21(34-3)16-23(22)35-4/h9-14,16-17,25H,5-8,15H2,1-4H3,(H,31,33)(H,28,29,30)/t25-/m0/s1. The van der Waals surface area contributed by atoms with Gasteiger partial charge < -0.3 is 24.8 Å². The van der Waals surface area contributed by atoms with Gasteiger partial charge in [0, 0.05) is 11.8 Å². The van der Waals surface area contributed by atoms with Crippen molar-refractivity contribution in [3.63, 3.8) is 0 Å². The molecule has 1 aliphatic rings. The van der Waals surface area contributed by atoms with Gasteiger partial charge in [-0.15, -0.1) is 0 Å². The van der Waals surface area contributed by atoms with Crippen LogP contribution in [0.15, 0.2) is 60.1 Å². The van der Waals surface area contributed by atoms with E-state index in [1.807, 2.05) is 31.2 Å². The fraction of sp³-hybridized carbons (Fsp3) is 0.370. The van der Waals surface area contributed by atoms with Gasteiger partial charge in [-0.25, -0.2) is 4.68 Å². The number of benzene rings is 2. The topological polar surface area (TPSA) is 99.5 Å². The SMILES string of the molecule is CCCCCCOc1ccc([C@H]2C(C(=O)Nc3ccc(OC)cc3OC)=C(C)Nc3ncnn32)cc1. The Balaban J connectivity index is 1.59. The largest absolute Gasteiger partial charge is 0.497 e. The van der Waals surface area contributed by atoms with Crippen molar-refractivity contribution in [2.45, 2.75) is 45.6 Å². The van der Waals surface area contributed by atoms with Crippen molar-refractivity contribution in [3.8, 4) is 17.2 Å². The van der Waals surface area contributed by atoms with Crippen LogP contribution in [-0.2, 0) is 4.79 Å². The van der Waals surface area contributed by atoms with Gasteiger partial charge in [-0.1, -0.05) is 38.3 Å². The molecule has 4 rings (SSSR count). The van der Waals surface area contributed by atoms with Crippen molar-refractivity contribution in [1.82, 2.24) is 14.8 Å². The molecule has 2 aromatic carbocycles. The van der Waals surface area contributed by atoms with E-state index in [-0.39, 0.29) is 5.91 Å². The van der Waals surface area contributed by atoms with E-state index in [1.165, 1.54) is 25.6 Å². The molecule has 190 valence electrons. The summed E-state index contributed by atoms with van der Waals surface area (Å²) in [6, 6.07) is 12.6. The van der Waals surface area contributed by atoms with E-state index in [4.69, 9.17) is 14.2 Å². The quantitative estimate of drug-likeness (QED) is 0.357. The Morgan fingerprint density at radius 1 is 1.06 bits per heavy atom. The third-order valence-corrected chi connectivity index (χ3v) is 6.16. The molecule has 1 aromatic heterocycles. The molecule has 1 atom stereocenters. The van der Waals surface area contributed by atoms with Crippen LogP contribution in [0.5, 0.6) is 17.2 Å². The van der Waals surface area contributed by atoms with E-state index < -0.39 is 6.04 Å². The third kappa shape index (κ3) is 5.45. The zero-order valence-corrected chi connectivity index (χ0v) is 21.2. The van der Waals surface area contributed by atoms with E-state index in [0.29, 0.717) is 41.0 Å². The minimum atomic E-state index is -0.466. The molecule has 0 spiro atoms. The molecule has 0 bridgehead atoms. The smallest absolute Gasteiger partial charge is 0.255 e. The second kappa shape index (κ2) is 11.6. The van der Waals surface area contributed by atoms with Gasteiger partial charge >= 0.3 is 0 Å². The summed E-state index contributed by atoms with van der Waals surface area (Å²) in [5.41, 5.74) is 2.66. The number of nitrogens with one attached hydrogen (secondary N) is 2. The van der Waals surface area contributed by atoms with Crippen LogP contribution < -0.4 is 24.8 Å². The van der Waals surface area contributed by atoms with Crippen molar-refractivity contribution in [2.24, 2.45) is 0 Å². The van der Waals surface area contributed by atoms with Gasteiger partial charge in [0.2, 0.25) is 5.95 Å². The van der Waals surface area contributed by atoms with Crippen molar-refractivity contribution in [2.75, 3.05) is 31.5 Å². The van der Waals surface area contributed by atoms with Crippen molar-refractivity contribution >= 4 is 17.5 Å². The maximum absolute atomic E-state index is 13.6. The predicted molar refractivity (Wildman–Crippen MR) is 139 cm³/mol. The molecular formula is C27H33N5O4. The van der Waals surface area contributed by atoms with E-state index >= 15 is 0 Å². The van der Waals surface area contributed by atoms with Crippen LogP contribution in [0.1, 0.15) is 51.1 Å². The highest BCUT2D eigenvalue weighted by molar-refractivity contribution is 6.06. The summed E-state index contributed by atoms with van der Waals surface area (Å²) in [4.78, 5) is 17.9. The number of hydrogen-bond acceptors (Lipinski definition) is 7. The van der Waals surface area contributed by atoms with Gasteiger partial charge in [-0.05, 0) is 43.2 Å². The number of carbonyl (C=O) groups is 1. The number of unbranched alkanes of at least 4 members (excludes halogenated alkanes) is 3. The fourth-order valence-electron chi connectivity index (χ4n) is 4.25. The lowest BCUT2D eigenvalue weighted by atomic mass is 9.95. The Hall–Kier alpha value is -4.01. The first-order valence-electron chi connectivity index (χ1n) is 12.2. The lowest BCUT2D eigenvalue weighted by molar-refractivity contribution is -0.113. The number of allylic oxidation sites excluding steroid dienone is 1. The first-order valence-corrected chi connectivity index (χ1v) is 12.2. The normalized spacial score (nSPS) is 14.6. The van der Waals surface area contributed by atoms with Crippen molar-refractivity contribution in [1.29, 1.82) is 0 Å². The van der Waals surface area contributed by atoms with Crippen LogP contribution in [0.4, 0.5) is 11.6 Å². The monoisotopic (exact) mass is 491 g/mol. The zero-order valence-electron chi connectivity index (χ0n) is 21.2. The summed E-state index contributed by atoms with van der Waals surface area (Å²) in [5.74, 6) is 2.25. The number of aromatic nitrogens is 3.